The molecule has 2 saturated heterocycles. The van der Waals surface area contributed by atoms with E-state index in [1.807, 2.05) is 54.8 Å². The first-order chi connectivity index (χ1) is 29.9. The second kappa shape index (κ2) is 14.9. The molecule has 10 rings (SSSR count). The number of aryl methyl sites for hydroxylation is 2. The van der Waals surface area contributed by atoms with Gasteiger partial charge in [-0.3, -0.25) is 24.0 Å². The average Bonchev–Trinajstić information content (AvgIpc) is 3.60. The van der Waals surface area contributed by atoms with E-state index in [1.54, 1.807) is 35.8 Å². The van der Waals surface area contributed by atoms with Crippen LogP contribution in [0.1, 0.15) is 108 Å². The van der Waals surface area contributed by atoms with Gasteiger partial charge in [-0.1, -0.05) is 48.5 Å². The van der Waals surface area contributed by atoms with Gasteiger partial charge in [0.2, 0.25) is 5.95 Å². The van der Waals surface area contributed by atoms with Gasteiger partial charge in [-0.2, -0.15) is 0 Å². The number of aromatic amines is 1. The number of hydrogen-bond donors (Lipinski definition) is 1. The fourth-order valence-corrected chi connectivity index (χ4v) is 10.3. The molecule has 4 aliphatic rings. The number of amides is 3. The lowest BCUT2D eigenvalue weighted by atomic mass is 9.91. The number of urea groups is 1. The Balaban J connectivity index is 1.08. The number of carbonyl (C=O) groups excluding carboxylic acids is 2. The van der Waals surface area contributed by atoms with Crippen molar-refractivity contribution in [3.63, 3.8) is 0 Å². The highest BCUT2D eigenvalue weighted by Crippen LogP contribution is 2.56. The highest BCUT2D eigenvalue weighted by atomic mass is 19.1. The Morgan fingerprint density at radius 1 is 0.952 bits per heavy atom. The molecule has 3 aliphatic heterocycles. The SMILES string of the molecule is Cc1cc(-n2c(N3CCN([C@H](C)c4ccccc4)C3=O)nc3c(c2=O)CCN(C(=O)c2cc4cc(C5CCOCC5)ccc4n2[C@@]2(c4noc(=O)[nH]4)C[C@H]2C)[C@@H]3C)cc(C)c1F. The average molecular weight is 841 g/mol. The molecular weight excluding hydrogens is 792 g/mol. The molecule has 14 nitrogen and oxygen atoms in total. The number of rotatable bonds is 8. The molecule has 4 atom stereocenters. The molecule has 62 heavy (non-hydrogen) atoms. The summed E-state index contributed by atoms with van der Waals surface area (Å²) in [6, 6.07) is 20.0. The molecular formula is C47H49FN8O6. The van der Waals surface area contributed by atoms with Crippen LogP contribution >= 0.6 is 0 Å². The van der Waals surface area contributed by atoms with Crippen molar-refractivity contribution in [2.45, 2.75) is 83.8 Å². The zero-order chi connectivity index (χ0) is 43.2. The first kappa shape index (κ1) is 39.8. The molecule has 6 aromatic rings. The van der Waals surface area contributed by atoms with E-state index in [2.05, 4.69) is 35.3 Å². The van der Waals surface area contributed by atoms with Crippen molar-refractivity contribution in [3.8, 4) is 5.69 Å². The van der Waals surface area contributed by atoms with Gasteiger partial charge in [0, 0.05) is 49.3 Å². The van der Waals surface area contributed by atoms with Crippen molar-refractivity contribution in [3.05, 3.63) is 138 Å². The topological polar surface area (TPSA) is 152 Å². The highest BCUT2D eigenvalue weighted by Gasteiger charge is 2.59. The Morgan fingerprint density at radius 2 is 1.68 bits per heavy atom. The number of H-pyrrole nitrogens is 1. The van der Waals surface area contributed by atoms with Gasteiger partial charge in [0.15, 0.2) is 5.82 Å². The van der Waals surface area contributed by atoms with Crippen molar-refractivity contribution in [2.24, 2.45) is 5.92 Å². The lowest BCUT2D eigenvalue weighted by molar-refractivity contribution is 0.0658. The number of nitrogens with one attached hydrogen (secondary N) is 1. The van der Waals surface area contributed by atoms with E-state index in [1.165, 1.54) is 15.0 Å². The normalized spacial score (nSPS) is 22.1. The lowest BCUT2D eigenvalue weighted by Crippen LogP contribution is -2.45. The van der Waals surface area contributed by atoms with Crippen molar-refractivity contribution in [2.75, 3.05) is 37.7 Å². The van der Waals surface area contributed by atoms with Crippen LogP contribution in [0.2, 0.25) is 0 Å². The summed E-state index contributed by atoms with van der Waals surface area (Å²) in [4.78, 5) is 70.0. The molecule has 15 heteroatoms. The molecule has 1 N–H and O–H groups in total. The molecule has 0 spiro atoms. The summed E-state index contributed by atoms with van der Waals surface area (Å²) in [5, 5.41) is 5.04. The van der Waals surface area contributed by atoms with E-state index in [0.29, 0.717) is 71.7 Å². The van der Waals surface area contributed by atoms with Crippen LogP contribution in [0.5, 0.6) is 0 Å². The van der Waals surface area contributed by atoms with Gasteiger partial charge in [0.05, 0.1) is 23.5 Å². The Bertz CT molecular complexity index is 2870. The molecule has 3 fully saturated rings. The van der Waals surface area contributed by atoms with E-state index >= 15 is 9.18 Å². The van der Waals surface area contributed by atoms with Crippen molar-refractivity contribution < 1.29 is 23.2 Å². The number of nitrogens with zero attached hydrogens (tertiary/aromatic N) is 7. The molecule has 6 heterocycles. The smallest absolute Gasteiger partial charge is 0.381 e. The Labute approximate surface area is 356 Å². The second-order valence-corrected chi connectivity index (χ2v) is 17.5. The molecule has 1 saturated carbocycles. The zero-order valence-corrected chi connectivity index (χ0v) is 35.5. The first-order valence-corrected chi connectivity index (χ1v) is 21.5. The molecule has 3 amide bonds. The minimum absolute atomic E-state index is 0.0173. The predicted molar refractivity (Wildman–Crippen MR) is 229 cm³/mol. The third-order valence-corrected chi connectivity index (χ3v) is 13.9. The standard InChI is InChI=1S/C47H49FN8O6/c1-26-21-35(22-27(2)39(26)48)55-41(57)36-13-16-52(30(5)40(36)49-44(55)54-18-17-53(46(54)60)29(4)31-9-7-6-8-10-31)42(58)38-24-34-23-33(32-14-19-61-20-15-32)11-12-37(34)56(38)47(25-28(47)3)43-50-45(59)62-51-43/h6-12,21-24,28-30,32H,13-20,25H2,1-5H3,(H,50,51,59)/t28-,29-,30-,47+/m1/s1. The Hall–Kier alpha value is -6.35. The van der Waals surface area contributed by atoms with E-state index in [-0.39, 0.29) is 60.7 Å². The number of aromatic nitrogens is 5. The summed E-state index contributed by atoms with van der Waals surface area (Å²) in [5.41, 5.74) is 4.16. The lowest BCUT2D eigenvalue weighted by Gasteiger charge is -2.36. The number of hydrogen-bond acceptors (Lipinski definition) is 8. The molecule has 1 aliphatic carbocycles. The van der Waals surface area contributed by atoms with Gasteiger partial charge in [-0.15, -0.1) is 0 Å². The summed E-state index contributed by atoms with van der Waals surface area (Å²) < 4.78 is 29.1. The largest absolute Gasteiger partial charge is 0.438 e. The van der Waals surface area contributed by atoms with E-state index in [4.69, 9.17) is 14.2 Å². The molecule has 3 aromatic heterocycles. The van der Waals surface area contributed by atoms with Gasteiger partial charge in [-0.05, 0) is 118 Å². The summed E-state index contributed by atoms with van der Waals surface area (Å²) in [6.07, 6.45) is 2.65. The molecule has 0 unspecified atom stereocenters. The van der Waals surface area contributed by atoms with Crippen LogP contribution in [0.25, 0.3) is 16.6 Å². The van der Waals surface area contributed by atoms with Crippen LogP contribution in [-0.2, 0) is 16.7 Å². The van der Waals surface area contributed by atoms with Gasteiger partial charge in [0.25, 0.3) is 11.5 Å². The van der Waals surface area contributed by atoms with E-state index < -0.39 is 17.3 Å². The van der Waals surface area contributed by atoms with Gasteiger partial charge in [0.1, 0.15) is 17.1 Å². The maximum absolute atomic E-state index is 15.3. The highest BCUT2D eigenvalue weighted by molar-refractivity contribution is 6.00. The zero-order valence-electron chi connectivity index (χ0n) is 35.5. The van der Waals surface area contributed by atoms with Crippen molar-refractivity contribution >= 4 is 28.8 Å². The van der Waals surface area contributed by atoms with Crippen LogP contribution in [-0.4, -0.2) is 78.8 Å². The number of carbonyl (C=O) groups is 2. The van der Waals surface area contributed by atoms with Crippen molar-refractivity contribution in [1.29, 1.82) is 0 Å². The second-order valence-electron chi connectivity index (χ2n) is 17.5. The van der Waals surface area contributed by atoms with Crippen LogP contribution in [0.4, 0.5) is 15.1 Å². The summed E-state index contributed by atoms with van der Waals surface area (Å²) in [6.45, 7) is 11.5. The Morgan fingerprint density at radius 3 is 2.35 bits per heavy atom. The van der Waals surface area contributed by atoms with E-state index in [9.17, 15) is 14.4 Å². The molecule has 0 radical (unpaired) electrons. The molecule has 3 aromatic carbocycles. The first-order valence-electron chi connectivity index (χ1n) is 21.5. The third-order valence-electron chi connectivity index (χ3n) is 13.9. The number of fused-ring (bicyclic) bond motifs is 2. The van der Waals surface area contributed by atoms with Crippen LogP contribution in [0.3, 0.4) is 0 Å². The minimum atomic E-state index is -0.834. The van der Waals surface area contributed by atoms with Crippen LogP contribution in [0.15, 0.2) is 80.8 Å². The predicted octanol–water partition coefficient (Wildman–Crippen LogP) is 7.06. The summed E-state index contributed by atoms with van der Waals surface area (Å²) >= 11 is 0. The number of benzene rings is 3. The minimum Gasteiger partial charge on any atom is -0.381 e. The van der Waals surface area contributed by atoms with Gasteiger partial charge < -0.3 is 19.1 Å². The fraction of sp³-hybridized carbons (Fsp3) is 0.404. The monoisotopic (exact) mass is 840 g/mol. The number of ether oxygens (including phenoxy) is 1. The van der Waals surface area contributed by atoms with Gasteiger partial charge >= 0.3 is 11.8 Å². The number of halogens is 1. The third kappa shape index (κ3) is 6.22. The molecule has 0 bridgehead atoms. The van der Waals surface area contributed by atoms with Gasteiger partial charge in [-0.25, -0.2) is 23.5 Å². The van der Waals surface area contributed by atoms with Crippen LogP contribution < -0.4 is 16.2 Å². The summed E-state index contributed by atoms with van der Waals surface area (Å²) in [5.74, 6) is -0.486. The summed E-state index contributed by atoms with van der Waals surface area (Å²) in [7, 11) is 0. The fourth-order valence-electron chi connectivity index (χ4n) is 10.3. The van der Waals surface area contributed by atoms with Crippen molar-refractivity contribution in [1.82, 2.24) is 34.1 Å². The number of anilines is 1. The molecule has 320 valence electrons. The van der Waals surface area contributed by atoms with E-state index in [0.717, 1.165) is 29.3 Å². The maximum Gasteiger partial charge on any atom is 0.438 e. The Kier molecular flexibility index (Phi) is 9.57. The van der Waals surface area contributed by atoms with Crippen LogP contribution in [0, 0.1) is 25.6 Å². The maximum atomic E-state index is 15.3. The quantitative estimate of drug-likeness (QED) is 0.171.